The molecule has 30 heavy (non-hydrogen) atoms. The van der Waals surface area contributed by atoms with Gasteiger partial charge in [-0.1, -0.05) is 25.1 Å². The number of benzene rings is 1. The maximum absolute atomic E-state index is 10.1. The van der Waals surface area contributed by atoms with Gasteiger partial charge in [-0.3, -0.25) is 4.90 Å². The van der Waals surface area contributed by atoms with Gasteiger partial charge in [0.2, 0.25) is 5.41 Å². The molecule has 3 rings (SSSR count). The molecule has 0 unspecified atom stereocenters. The number of hydrogen-bond acceptors (Lipinski definition) is 7. The molecule has 0 bridgehead atoms. The van der Waals surface area contributed by atoms with Gasteiger partial charge in [-0.15, -0.1) is 0 Å². The smallest absolute Gasteiger partial charge is 0.203 e. The van der Waals surface area contributed by atoms with Crippen LogP contribution in [0.15, 0.2) is 29.8 Å². The third-order valence-electron chi connectivity index (χ3n) is 6.17. The molecule has 0 spiro atoms. The van der Waals surface area contributed by atoms with Crippen molar-refractivity contribution in [3.05, 3.63) is 35.4 Å². The normalized spacial score (nSPS) is 25.1. The van der Waals surface area contributed by atoms with Crippen molar-refractivity contribution < 1.29 is 9.47 Å². The summed E-state index contributed by atoms with van der Waals surface area (Å²) in [6, 6.07) is 11.9. The standard InChI is InChI=1S/C23H25N5O2/c1-4-9-28-10-8-18-17(12-28)20(15-6-5-7-19(29-2)21(15)30-3)16(11-24)22(27)23(18,13-25)14-26/h5-8,16-17,20,27H,4,9-10,12H2,1-3H3/t16-,17+,20-/m1/s1. The third-order valence-corrected chi connectivity index (χ3v) is 6.17. The molecule has 154 valence electrons. The second-order valence-corrected chi connectivity index (χ2v) is 7.63. The first kappa shape index (κ1) is 21.4. The van der Waals surface area contributed by atoms with Crippen LogP contribution in [0.25, 0.3) is 0 Å². The number of para-hydroxylation sites is 1. The zero-order valence-corrected chi connectivity index (χ0v) is 17.5. The summed E-state index contributed by atoms with van der Waals surface area (Å²) in [5.41, 5.74) is -0.471. The van der Waals surface area contributed by atoms with Crippen molar-refractivity contribution in [1.82, 2.24) is 4.90 Å². The molecule has 0 amide bonds. The van der Waals surface area contributed by atoms with Crippen molar-refractivity contribution >= 4 is 5.71 Å². The second kappa shape index (κ2) is 8.57. The van der Waals surface area contributed by atoms with E-state index < -0.39 is 17.3 Å². The van der Waals surface area contributed by atoms with Gasteiger partial charge >= 0.3 is 0 Å². The summed E-state index contributed by atoms with van der Waals surface area (Å²) in [6.07, 6.45) is 2.89. The lowest BCUT2D eigenvalue weighted by atomic mass is 9.55. The van der Waals surface area contributed by atoms with Crippen molar-refractivity contribution in [2.75, 3.05) is 33.9 Å². The van der Waals surface area contributed by atoms with E-state index in [1.165, 1.54) is 0 Å². The minimum absolute atomic E-state index is 0.156. The molecule has 0 aromatic heterocycles. The molecule has 7 heteroatoms. The molecule has 1 N–H and O–H groups in total. The van der Waals surface area contributed by atoms with Crippen LogP contribution >= 0.6 is 0 Å². The monoisotopic (exact) mass is 403 g/mol. The quantitative estimate of drug-likeness (QED) is 0.754. The van der Waals surface area contributed by atoms with E-state index in [-0.39, 0.29) is 11.6 Å². The fourth-order valence-corrected chi connectivity index (χ4v) is 4.86. The van der Waals surface area contributed by atoms with Crippen LogP contribution < -0.4 is 9.47 Å². The molecule has 1 saturated carbocycles. The molecule has 3 atom stereocenters. The zero-order valence-electron chi connectivity index (χ0n) is 17.5. The predicted octanol–water partition coefficient (Wildman–Crippen LogP) is 3.26. The third kappa shape index (κ3) is 3.11. The highest BCUT2D eigenvalue weighted by Gasteiger charge is 2.57. The van der Waals surface area contributed by atoms with Gasteiger partial charge in [-0.05, 0) is 24.6 Å². The summed E-state index contributed by atoms with van der Waals surface area (Å²) in [4.78, 5) is 2.26. The minimum Gasteiger partial charge on any atom is -0.493 e. The SMILES string of the molecule is CCCN1CC=C2[C@H](C1)[C@H](c1cccc(OC)c1OC)[C@@H](C#N)C(=N)C2(C#N)C#N. The molecular formula is C23H25N5O2. The summed E-state index contributed by atoms with van der Waals surface area (Å²) >= 11 is 0. The Kier molecular flexibility index (Phi) is 6.11. The number of nitrogens with one attached hydrogen (secondary N) is 1. The lowest BCUT2D eigenvalue weighted by molar-refractivity contribution is 0.208. The van der Waals surface area contributed by atoms with Crippen LogP contribution in [0.4, 0.5) is 0 Å². The van der Waals surface area contributed by atoms with E-state index in [1.54, 1.807) is 20.3 Å². The molecule has 1 heterocycles. The summed E-state index contributed by atoms with van der Waals surface area (Å²) in [5, 5.41) is 38.7. The topological polar surface area (TPSA) is 117 Å². The van der Waals surface area contributed by atoms with Gasteiger partial charge in [0.25, 0.3) is 0 Å². The number of nitriles is 3. The highest BCUT2D eigenvalue weighted by Crippen LogP contribution is 2.54. The first-order chi connectivity index (χ1) is 14.5. The average molecular weight is 403 g/mol. The van der Waals surface area contributed by atoms with Crippen molar-refractivity contribution in [1.29, 1.82) is 21.2 Å². The van der Waals surface area contributed by atoms with Gasteiger partial charge in [-0.2, -0.15) is 15.8 Å². The molecule has 1 fully saturated rings. The number of ether oxygens (including phenoxy) is 2. The van der Waals surface area contributed by atoms with E-state index in [0.717, 1.165) is 18.5 Å². The van der Waals surface area contributed by atoms with Gasteiger partial charge in [0.05, 0.1) is 44.1 Å². The summed E-state index contributed by atoms with van der Waals surface area (Å²) in [5.74, 6) is -0.541. The zero-order chi connectivity index (χ0) is 21.9. The van der Waals surface area contributed by atoms with Gasteiger partial charge in [0.1, 0.15) is 0 Å². The maximum atomic E-state index is 10.1. The molecular weight excluding hydrogens is 378 g/mol. The highest BCUT2D eigenvalue weighted by molar-refractivity contribution is 6.01. The molecule has 7 nitrogen and oxygen atoms in total. The fourth-order valence-electron chi connectivity index (χ4n) is 4.86. The summed E-state index contributed by atoms with van der Waals surface area (Å²) in [6.45, 7) is 4.22. The van der Waals surface area contributed by atoms with Gasteiger partial charge in [-0.25, -0.2) is 0 Å². The Morgan fingerprint density at radius 1 is 1.20 bits per heavy atom. The second-order valence-electron chi connectivity index (χ2n) is 7.63. The summed E-state index contributed by atoms with van der Waals surface area (Å²) in [7, 11) is 3.10. The van der Waals surface area contributed by atoms with Crippen LogP contribution in [0, 0.1) is 56.7 Å². The van der Waals surface area contributed by atoms with Crippen molar-refractivity contribution in [3.63, 3.8) is 0 Å². The van der Waals surface area contributed by atoms with Gasteiger partial charge < -0.3 is 14.9 Å². The average Bonchev–Trinajstić information content (AvgIpc) is 2.78. The van der Waals surface area contributed by atoms with E-state index in [9.17, 15) is 15.8 Å². The van der Waals surface area contributed by atoms with Crippen LogP contribution in [0.2, 0.25) is 0 Å². The molecule has 0 radical (unpaired) electrons. The van der Waals surface area contributed by atoms with Crippen LogP contribution in [0.1, 0.15) is 24.8 Å². The fraction of sp³-hybridized carbons (Fsp3) is 0.478. The van der Waals surface area contributed by atoms with E-state index in [4.69, 9.17) is 14.9 Å². The Morgan fingerprint density at radius 2 is 1.93 bits per heavy atom. The van der Waals surface area contributed by atoms with Crippen molar-refractivity contribution in [2.45, 2.75) is 19.3 Å². The van der Waals surface area contributed by atoms with Gasteiger partial charge in [0.15, 0.2) is 11.5 Å². The Bertz CT molecular complexity index is 980. The Hall–Kier alpha value is -3.34. The molecule has 2 aliphatic rings. The number of methoxy groups -OCH3 is 2. The first-order valence-corrected chi connectivity index (χ1v) is 9.97. The summed E-state index contributed by atoms with van der Waals surface area (Å²) < 4.78 is 11.1. The number of nitrogens with zero attached hydrogens (tertiary/aromatic N) is 4. The van der Waals surface area contributed by atoms with Gasteiger partial charge in [0, 0.05) is 30.5 Å². The number of rotatable bonds is 5. The first-order valence-electron chi connectivity index (χ1n) is 9.97. The molecule has 0 saturated heterocycles. The Balaban J connectivity index is 2.26. The van der Waals surface area contributed by atoms with Crippen molar-refractivity contribution in [3.8, 4) is 29.7 Å². The van der Waals surface area contributed by atoms with Crippen LogP contribution in [-0.4, -0.2) is 44.5 Å². The minimum atomic E-state index is -1.70. The lowest BCUT2D eigenvalue weighted by Crippen LogP contribution is -2.52. The van der Waals surface area contributed by atoms with Crippen LogP contribution in [-0.2, 0) is 0 Å². The molecule has 1 aliphatic carbocycles. The molecule has 1 aliphatic heterocycles. The van der Waals surface area contributed by atoms with E-state index >= 15 is 0 Å². The van der Waals surface area contributed by atoms with Crippen LogP contribution in [0.3, 0.4) is 0 Å². The van der Waals surface area contributed by atoms with Crippen LogP contribution in [0.5, 0.6) is 11.5 Å². The van der Waals surface area contributed by atoms with E-state index in [2.05, 4.69) is 30.0 Å². The molecule has 1 aromatic carbocycles. The largest absolute Gasteiger partial charge is 0.493 e. The van der Waals surface area contributed by atoms with Crippen molar-refractivity contribution in [2.24, 2.45) is 17.3 Å². The van der Waals surface area contributed by atoms with E-state index in [1.807, 2.05) is 18.2 Å². The Labute approximate surface area is 177 Å². The predicted molar refractivity (Wildman–Crippen MR) is 111 cm³/mol. The van der Waals surface area contributed by atoms with E-state index in [0.29, 0.717) is 30.2 Å². The number of fused-ring (bicyclic) bond motifs is 1. The number of hydrogen-bond donors (Lipinski definition) is 1. The lowest BCUT2D eigenvalue weighted by Gasteiger charge is -2.47. The Morgan fingerprint density at radius 3 is 2.50 bits per heavy atom. The highest BCUT2D eigenvalue weighted by atomic mass is 16.5. The molecule has 1 aromatic rings. The maximum Gasteiger partial charge on any atom is 0.203 e.